The minimum Gasteiger partial charge on any atom is -0.383 e. The van der Waals surface area contributed by atoms with Crippen LogP contribution in [0.25, 0.3) is 5.57 Å². The highest BCUT2D eigenvalue weighted by Crippen LogP contribution is 2.27. The van der Waals surface area contributed by atoms with Gasteiger partial charge in [-0.3, -0.25) is 9.91 Å². The fourth-order valence-electron chi connectivity index (χ4n) is 4.12. The van der Waals surface area contributed by atoms with E-state index in [1.54, 1.807) is 12.3 Å². The molecule has 32 heavy (non-hydrogen) atoms. The summed E-state index contributed by atoms with van der Waals surface area (Å²) >= 11 is 0. The molecule has 1 fully saturated rings. The summed E-state index contributed by atoms with van der Waals surface area (Å²) in [6, 6.07) is 5.44. The lowest BCUT2D eigenvalue weighted by atomic mass is 9.98. The van der Waals surface area contributed by atoms with E-state index in [2.05, 4.69) is 21.1 Å². The van der Waals surface area contributed by atoms with Crippen molar-refractivity contribution in [2.75, 3.05) is 43.6 Å². The summed E-state index contributed by atoms with van der Waals surface area (Å²) in [5.41, 5.74) is 8.15. The van der Waals surface area contributed by atoms with Crippen LogP contribution in [0.2, 0.25) is 0 Å². The third-order valence-corrected chi connectivity index (χ3v) is 5.91. The SMILES string of the molecule is N/N=C(/c1cc(C2=CCN(CC3CCOC3)CC2)cnc1N)N(N)c1cccc(F)c1F. The number of hydrogen-bond donors (Lipinski definition) is 3. The van der Waals surface area contributed by atoms with Crippen LogP contribution in [0, 0.1) is 17.6 Å². The number of nitrogens with zero attached hydrogens (tertiary/aromatic N) is 4. The molecule has 0 aliphatic carbocycles. The third-order valence-electron chi connectivity index (χ3n) is 5.91. The third kappa shape index (κ3) is 4.57. The molecular weight excluding hydrogens is 416 g/mol. The molecule has 1 saturated heterocycles. The van der Waals surface area contributed by atoms with Crippen molar-refractivity contribution >= 4 is 22.9 Å². The van der Waals surface area contributed by atoms with E-state index >= 15 is 0 Å². The largest absolute Gasteiger partial charge is 0.383 e. The van der Waals surface area contributed by atoms with Gasteiger partial charge in [-0.2, -0.15) is 5.10 Å². The zero-order valence-corrected chi connectivity index (χ0v) is 17.7. The summed E-state index contributed by atoms with van der Waals surface area (Å²) in [6.45, 7) is 4.47. The molecule has 0 bridgehead atoms. The van der Waals surface area contributed by atoms with Gasteiger partial charge in [0.1, 0.15) is 5.82 Å². The Balaban J connectivity index is 1.55. The molecule has 0 amide bonds. The number of hydrazine groups is 1. The molecule has 10 heteroatoms. The van der Waals surface area contributed by atoms with Crippen molar-refractivity contribution in [3.63, 3.8) is 0 Å². The van der Waals surface area contributed by atoms with E-state index in [4.69, 9.17) is 22.2 Å². The Kier molecular flexibility index (Phi) is 6.63. The fourth-order valence-corrected chi connectivity index (χ4v) is 4.12. The lowest BCUT2D eigenvalue weighted by molar-refractivity contribution is 0.170. The Hall–Kier alpha value is -3.08. The Morgan fingerprint density at radius 3 is 2.88 bits per heavy atom. The molecule has 1 unspecified atom stereocenters. The van der Waals surface area contributed by atoms with Gasteiger partial charge in [0.2, 0.25) is 0 Å². The first-order valence-corrected chi connectivity index (χ1v) is 10.5. The van der Waals surface area contributed by atoms with Crippen molar-refractivity contribution in [1.82, 2.24) is 9.88 Å². The minimum absolute atomic E-state index is 0.0272. The standard InChI is InChI=1S/C22H27F2N7O/c23-18-2-1-3-19(20(18)24)31(27)22(29-26)17-10-16(11-28-21(17)25)15-4-7-30(8-5-15)12-14-6-9-32-13-14/h1-4,10-11,14H,5-9,12-13,26-27H2,(H2,25,28)/b29-22-. The van der Waals surface area contributed by atoms with Gasteiger partial charge in [0, 0.05) is 32.4 Å². The monoisotopic (exact) mass is 443 g/mol. The Bertz CT molecular complexity index is 1040. The van der Waals surface area contributed by atoms with Gasteiger partial charge in [-0.05, 0) is 48.1 Å². The first kappa shape index (κ1) is 22.1. The van der Waals surface area contributed by atoms with Crippen LogP contribution in [0.4, 0.5) is 20.3 Å². The average molecular weight is 444 g/mol. The number of halogens is 2. The second-order valence-corrected chi connectivity index (χ2v) is 8.02. The van der Waals surface area contributed by atoms with E-state index in [9.17, 15) is 8.78 Å². The molecule has 1 aromatic heterocycles. The molecule has 0 radical (unpaired) electrons. The fraction of sp³-hybridized carbons (Fsp3) is 0.364. The number of hydrogen-bond acceptors (Lipinski definition) is 7. The highest BCUT2D eigenvalue weighted by atomic mass is 19.2. The van der Waals surface area contributed by atoms with E-state index in [0.717, 1.165) is 67.9 Å². The maximum Gasteiger partial charge on any atom is 0.183 e. The molecule has 2 aliphatic heterocycles. The van der Waals surface area contributed by atoms with E-state index in [0.29, 0.717) is 11.5 Å². The van der Waals surface area contributed by atoms with Crippen LogP contribution in [0.3, 0.4) is 0 Å². The van der Waals surface area contributed by atoms with Crippen molar-refractivity contribution in [2.24, 2.45) is 22.7 Å². The Morgan fingerprint density at radius 2 is 2.19 bits per heavy atom. The molecule has 6 N–H and O–H groups in total. The molecule has 0 spiro atoms. The predicted molar refractivity (Wildman–Crippen MR) is 120 cm³/mol. The number of benzene rings is 1. The highest BCUT2D eigenvalue weighted by molar-refractivity contribution is 6.12. The van der Waals surface area contributed by atoms with Gasteiger partial charge in [0.05, 0.1) is 17.9 Å². The summed E-state index contributed by atoms with van der Waals surface area (Å²) in [5, 5.41) is 4.56. The summed E-state index contributed by atoms with van der Waals surface area (Å²) in [6.07, 6.45) is 5.81. The highest BCUT2D eigenvalue weighted by Gasteiger charge is 2.23. The van der Waals surface area contributed by atoms with Gasteiger partial charge in [0.15, 0.2) is 17.5 Å². The molecule has 8 nitrogen and oxygen atoms in total. The second kappa shape index (κ2) is 9.60. The van der Waals surface area contributed by atoms with Gasteiger partial charge in [-0.15, -0.1) is 0 Å². The molecule has 0 saturated carbocycles. The molecule has 2 aliphatic rings. The number of amidine groups is 1. The van der Waals surface area contributed by atoms with Crippen LogP contribution in [-0.4, -0.2) is 48.6 Å². The van der Waals surface area contributed by atoms with Crippen LogP contribution >= 0.6 is 0 Å². The molecule has 1 atom stereocenters. The zero-order valence-electron chi connectivity index (χ0n) is 17.7. The van der Waals surface area contributed by atoms with Crippen molar-refractivity contribution in [3.8, 4) is 0 Å². The van der Waals surface area contributed by atoms with E-state index in [1.165, 1.54) is 12.1 Å². The van der Waals surface area contributed by atoms with Gasteiger partial charge < -0.3 is 16.3 Å². The van der Waals surface area contributed by atoms with Crippen molar-refractivity contribution < 1.29 is 13.5 Å². The van der Waals surface area contributed by atoms with Crippen LogP contribution < -0.4 is 22.4 Å². The molecule has 1 aromatic carbocycles. The maximum atomic E-state index is 14.3. The summed E-state index contributed by atoms with van der Waals surface area (Å²) in [4.78, 5) is 6.67. The van der Waals surface area contributed by atoms with Crippen molar-refractivity contribution in [3.05, 3.63) is 59.3 Å². The number of anilines is 2. The normalized spacial score (nSPS) is 19.8. The smallest absolute Gasteiger partial charge is 0.183 e. The summed E-state index contributed by atoms with van der Waals surface area (Å²) in [7, 11) is 0. The number of aromatic nitrogens is 1. The lowest BCUT2D eigenvalue weighted by Gasteiger charge is -2.28. The number of nitrogens with two attached hydrogens (primary N) is 3. The molecular formula is C22H27F2N7O. The van der Waals surface area contributed by atoms with Gasteiger partial charge in [-0.1, -0.05) is 12.1 Å². The summed E-state index contributed by atoms with van der Waals surface area (Å²) in [5.74, 6) is 10.2. The van der Waals surface area contributed by atoms with Crippen molar-refractivity contribution in [2.45, 2.75) is 12.8 Å². The number of rotatable bonds is 5. The van der Waals surface area contributed by atoms with Crippen LogP contribution in [0.5, 0.6) is 0 Å². The quantitative estimate of drug-likeness (QED) is 0.280. The van der Waals surface area contributed by atoms with Crippen molar-refractivity contribution in [1.29, 1.82) is 0 Å². The molecule has 170 valence electrons. The Labute approximate surface area is 185 Å². The second-order valence-electron chi connectivity index (χ2n) is 8.02. The maximum absolute atomic E-state index is 14.3. The predicted octanol–water partition coefficient (Wildman–Crippen LogP) is 2.07. The first-order chi connectivity index (χ1) is 15.5. The lowest BCUT2D eigenvalue weighted by Crippen LogP contribution is -2.40. The topological polar surface area (TPSA) is 119 Å². The van der Waals surface area contributed by atoms with Crippen LogP contribution in [0.1, 0.15) is 24.0 Å². The van der Waals surface area contributed by atoms with E-state index < -0.39 is 11.6 Å². The van der Waals surface area contributed by atoms with Crippen LogP contribution in [0.15, 0.2) is 41.6 Å². The van der Waals surface area contributed by atoms with Gasteiger partial charge in [-0.25, -0.2) is 19.6 Å². The van der Waals surface area contributed by atoms with Gasteiger partial charge >= 0.3 is 0 Å². The number of pyridine rings is 1. The zero-order chi connectivity index (χ0) is 22.7. The Morgan fingerprint density at radius 1 is 1.34 bits per heavy atom. The first-order valence-electron chi connectivity index (χ1n) is 10.5. The average Bonchev–Trinajstić information content (AvgIpc) is 3.31. The number of hydrazone groups is 1. The number of nitrogen functional groups attached to an aromatic ring is 1. The summed E-state index contributed by atoms with van der Waals surface area (Å²) < 4.78 is 33.4. The molecule has 2 aromatic rings. The van der Waals surface area contributed by atoms with E-state index in [-0.39, 0.29) is 17.3 Å². The number of ether oxygens (including phenoxy) is 1. The van der Waals surface area contributed by atoms with Crippen LogP contribution in [-0.2, 0) is 4.74 Å². The van der Waals surface area contributed by atoms with Gasteiger partial charge in [0.25, 0.3) is 0 Å². The molecule has 3 heterocycles. The molecule has 4 rings (SSSR count). The van der Waals surface area contributed by atoms with E-state index in [1.807, 2.05) is 0 Å². The minimum atomic E-state index is -1.11.